The van der Waals surface area contributed by atoms with Crippen LogP contribution >= 0.6 is 11.8 Å². The molecule has 2 N–H and O–H groups in total. The largest absolute Gasteiger partial charge is 0.497 e. The number of ether oxygens (including phenoxy) is 2. The Morgan fingerprint density at radius 2 is 2.38 bits per heavy atom. The molecule has 0 aromatic heterocycles. The van der Waals surface area contributed by atoms with Gasteiger partial charge in [0.25, 0.3) is 0 Å². The van der Waals surface area contributed by atoms with E-state index in [0.717, 1.165) is 19.0 Å². The maximum absolute atomic E-state index is 5.82. The first-order valence-corrected chi connectivity index (χ1v) is 6.35. The van der Waals surface area contributed by atoms with Crippen LogP contribution in [0, 0.1) is 0 Å². The molecule has 1 saturated heterocycles. The Bertz CT molecular complexity index is 342. The van der Waals surface area contributed by atoms with Crippen LogP contribution in [-0.2, 0) is 4.74 Å². The Labute approximate surface area is 100 Å². The van der Waals surface area contributed by atoms with E-state index in [1.165, 1.54) is 5.56 Å². The highest BCUT2D eigenvalue weighted by atomic mass is 32.2. The number of thioether (sulfide) groups is 1. The van der Waals surface area contributed by atoms with Crippen molar-refractivity contribution in [1.29, 1.82) is 0 Å². The number of hydrogen-bond donors (Lipinski definition) is 1. The lowest BCUT2D eigenvalue weighted by Gasteiger charge is -2.29. The van der Waals surface area contributed by atoms with Crippen LogP contribution in [0.4, 0.5) is 0 Å². The molecule has 0 saturated carbocycles. The van der Waals surface area contributed by atoms with Crippen LogP contribution < -0.4 is 10.5 Å². The minimum Gasteiger partial charge on any atom is -0.497 e. The topological polar surface area (TPSA) is 44.5 Å². The third-order valence-corrected chi connectivity index (χ3v) is 4.09. The molecule has 1 heterocycles. The van der Waals surface area contributed by atoms with Crippen LogP contribution in [-0.4, -0.2) is 32.1 Å². The zero-order chi connectivity index (χ0) is 11.4. The summed E-state index contributed by atoms with van der Waals surface area (Å²) in [6, 6.07) is 8.12. The van der Waals surface area contributed by atoms with Crippen molar-refractivity contribution in [3.05, 3.63) is 29.8 Å². The summed E-state index contributed by atoms with van der Waals surface area (Å²) in [4.78, 5) is 0. The van der Waals surface area contributed by atoms with E-state index in [4.69, 9.17) is 15.2 Å². The molecule has 88 valence electrons. The summed E-state index contributed by atoms with van der Waals surface area (Å²) in [7, 11) is 1.68. The Hall–Kier alpha value is -0.710. The Morgan fingerprint density at radius 3 is 2.94 bits per heavy atom. The summed E-state index contributed by atoms with van der Waals surface area (Å²) in [5.41, 5.74) is 7.06. The van der Waals surface area contributed by atoms with Crippen molar-refractivity contribution in [3.8, 4) is 5.75 Å². The highest BCUT2D eigenvalue weighted by molar-refractivity contribution is 8.00. The second-order valence-corrected chi connectivity index (χ2v) is 5.30. The molecule has 0 bridgehead atoms. The van der Waals surface area contributed by atoms with E-state index < -0.39 is 0 Å². The normalized spacial score (nSPS) is 17.9. The average molecular weight is 239 g/mol. The van der Waals surface area contributed by atoms with Crippen LogP contribution in [0.3, 0.4) is 0 Å². The average Bonchev–Trinajstić information content (AvgIpc) is 2.28. The van der Waals surface area contributed by atoms with Crippen molar-refractivity contribution in [2.24, 2.45) is 5.73 Å². The molecule has 1 aromatic rings. The van der Waals surface area contributed by atoms with Gasteiger partial charge in [0.15, 0.2) is 0 Å². The van der Waals surface area contributed by atoms with Crippen molar-refractivity contribution < 1.29 is 9.47 Å². The zero-order valence-corrected chi connectivity index (χ0v) is 10.2. The Balaban J connectivity index is 2.05. The molecule has 1 fully saturated rings. The van der Waals surface area contributed by atoms with Crippen LogP contribution in [0.15, 0.2) is 24.3 Å². The summed E-state index contributed by atoms with van der Waals surface area (Å²) in [5, 5.41) is 0.934. The summed E-state index contributed by atoms with van der Waals surface area (Å²) in [6.07, 6.45) is 0. The molecule has 1 aliphatic heterocycles. The first-order valence-electron chi connectivity index (χ1n) is 5.40. The van der Waals surface area contributed by atoms with Crippen LogP contribution in [0.25, 0.3) is 0 Å². The molecule has 4 heteroatoms. The van der Waals surface area contributed by atoms with E-state index in [0.29, 0.717) is 17.0 Å². The van der Waals surface area contributed by atoms with Gasteiger partial charge in [-0.25, -0.2) is 0 Å². The number of rotatable bonds is 5. The molecular weight excluding hydrogens is 222 g/mol. The standard InChI is InChI=1S/C12H17NO2S/c1-14-10-4-2-3-9(5-10)12(6-13)16-11-7-15-8-11/h2-5,11-12H,6-8,13H2,1H3. The van der Waals surface area contributed by atoms with Gasteiger partial charge in [-0.2, -0.15) is 0 Å². The van der Waals surface area contributed by atoms with E-state index in [1.54, 1.807) is 7.11 Å². The van der Waals surface area contributed by atoms with E-state index in [1.807, 2.05) is 23.9 Å². The fraction of sp³-hybridized carbons (Fsp3) is 0.500. The highest BCUT2D eigenvalue weighted by Crippen LogP contribution is 2.35. The quantitative estimate of drug-likeness (QED) is 0.851. The maximum atomic E-state index is 5.82. The predicted molar refractivity (Wildman–Crippen MR) is 67.0 cm³/mol. The van der Waals surface area contributed by atoms with Crippen molar-refractivity contribution in [1.82, 2.24) is 0 Å². The molecule has 0 spiro atoms. The van der Waals surface area contributed by atoms with Gasteiger partial charge in [-0.3, -0.25) is 0 Å². The second kappa shape index (κ2) is 5.57. The van der Waals surface area contributed by atoms with Gasteiger partial charge in [0, 0.05) is 11.8 Å². The van der Waals surface area contributed by atoms with Gasteiger partial charge in [-0.05, 0) is 17.7 Å². The highest BCUT2D eigenvalue weighted by Gasteiger charge is 2.23. The SMILES string of the molecule is COc1cccc(C(CN)SC2COC2)c1. The van der Waals surface area contributed by atoms with Gasteiger partial charge in [0.05, 0.1) is 25.6 Å². The van der Waals surface area contributed by atoms with Crippen molar-refractivity contribution >= 4 is 11.8 Å². The number of nitrogens with two attached hydrogens (primary N) is 1. The molecule has 16 heavy (non-hydrogen) atoms. The Morgan fingerprint density at radius 1 is 1.56 bits per heavy atom. The van der Waals surface area contributed by atoms with Gasteiger partial charge in [-0.1, -0.05) is 12.1 Å². The van der Waals surface area contributed by atoms with Crippen molar-refractivity contribution in [3.63, 3.8) is 0 Å². The summed E-state index contributed by atoms with van der Waals surface area (Å²) in [5.74, 6) is 0.890. The van der Waals surface area contributed by atoms with E-state index in [-0.39, 0.29) is 0 Å². The molecule has 3 nitrogen and oxygen atoms in total. The predicted octanol–water partition coefficient (Wildman–Crippen LogP) is 1.83. The van der Waals surface area contributed by atoms with Crippen LogP contribution in [0.1, 0.15) is 10.8 Å². The first-order chi connectivity index (χ1) is 7.83. The van der Waals surface area contributed by atoms with Gasteiger partial charge in [-0.15, -0.1) is 11.8 Å². The van der Waals surface area contributed by atoms with Crippen molar-refractivity contribution in [2.75, 3.05) is 26.9 Å². The summed E-state index contributed by atoms with van der Waals surface area (Å²) < 4.78 is 10.4. The smallest absolute Gasteiger partial charge is 0.119 e. The molecule has 1 unspecified atom stereocenters. The minimum absolute atomic E-state index is 0.337. The molecule has 0 amide bonds. The lowest BCUT2D eigenvalue weighted by Crippen LogP contribution is -2.32. The maximum Gasteiger partial charge on any atom is 0.119 e. The third kappa shape index (κ3) is 2.70. The van der Waals surface area contributed by atoms with Crippen LogP contribution in [0.5, 0.6) is 5.75 Å². The number of hydrogen-bond acceptors (Lipinski definition) is 4. The van der Waals surface area contributed by atoms with Gasteiger partial charge in [0.1, 0.15) is 5.75 Å². The zero-order valence-electron chi connectivity index (χ0n) is 9.39. The molecule has 1 atom stereocenters. The molecule has 1 aromatic carbocycles. The third-order valence-electron chi connectivity index (χ3n) is 2.64. The fourth-order valence-electron chi connectivity index (χ4n) is 1.64. The first kappa shape index (κ1) is 11.8. The van der Waals surface area contributed by atoms with Gasteiger partial charge >= 0.3 is 0 Å². The minimum atomic E-state index is 0.337. The summed E-state index contributed by atoms with van der Waals surface area (Å²) >= 11 is 1.90. The second-order valence-electron chi connectivity index (χ2n) is 3.80. The van der Waals surface area contributed by atoms with E-state index in [9.17, 15) is 0 Å². The lowest BCUT2D eigenvalue weighted by atomic mass is 10.1. The Kier molecular flexibility index (Phi) is 4.09. The van der Waals surface area contributed by atoms with Crippen LogP contribution in [0.2, 0.25) is 0 Å². The number of methoxy groups -OCH3 is 1. The summed E-state index contributed by atoms with van der Waals surface area (Å²) in [6.45, 7) is 2.35. The number of benzene rings is 1. The monoisotopic (exact) mass is 239 g/mol. The molecule has 0 radical (unpaired) electrons. The lowest BCUT2D eigenvalue weighted by molar-refractivity contribution is 0.0453. The molecular formula is C12H17NO2S. The van der Waals surface area contributed by atoms with E-state index >= 15 is 0 Å². The van der Waals surface area contributed by atoms with E-state index in [2.05, 4.69) is 12.1 Å². The van der Waals surface area contributed by atoms with Gasteiger partial charge < -0.3 is 15.2 Å². The van der Waals surface area contributed by atoms with Gasteiger partial charge in [0.2, 0.25) is 0 Å². The molecule has 0 aliphatic carbocycles. The van der Waals surface area contributed by atoms with Crippen molar-refractivity contribution in [2.45, 2.75) is 10.5 Å². The molecule has 2 rings (SSSR count). The fourth-order valence-corrected chi connectivity index (χ4v) is 2.87. The molecule has 1 aliphatic rings.